The van der Waals surface area contributed by atoms with Crippen molar-refractivity contribution < 1.29 is 14.3 Å². The first-order valence-corrected chi connectivity index (χ1v) is 9.62. The van der Waals surface area contributed by atoms with Gasteiger partial charge < -0.3 is 14.4 Å². The van der Waals surface area contributed by atoms with E-state index in [0.29, 0.717) is 22.9 Å². The van der Waals surface area contributed by atoms with E-state index in [4.69, 9.17) is 9.47 Å². The largest absolute Gasteiger partial charge is 0.497 e. The van der Waals surface area contributed by atoms with Gasteiger partial charge in [-0.2, -0.15) is 0 Å². The van der Waals surface area contributed by atoms with Crippen LogP contribution in [0.25, 0.3) is 11.3 Å². The van der Waals surface area contributed by atoms with Crippen LogP contribution >= 0.6 is 0 Å². The number of rotatable bonds is 8. The molecule has 6 nitrogen and oxygen atoms in total. The van der Waals surface area contributed by atoms with Crippen LogP contribution in [0.4, 0.5) is 0 Å². The predicted octanol–water partition coefficient (Wildman–Crippen LogP) is 4.82. The Morgan fingerprint density at radius 2 is 1.76 bits per heavy atom. The van der Waals surface area contributed by atoms with Gasteiger partial charge in [-0.15, -0.1) is 10.2 Å². The normalized spacial score (nSPS) is 10.4. The third-order valence-corrected chi connectivity index (χ3v) is 4.52. The average Bonchev–Trinajstić information content (AvgIpc) is 2.78. The van der Waals surface area contributed by atoms with Crippen molar-refractivity contribution in [3.8, 4) is 28.6 Å². The van der Waals surface area contributed by atoms with Crippen molar-refractivity contribution in [3.63, 3.8) is 0 Å². The molecule has 0 fully saturated rings. The molecule has 0 unspecified atom stereocenters. The Hall–Kier alpha value is -3.41. The minimum atomic E-state index is 0.00715. The number of unbranched alkanes of at least 4 members (excludes halogenated alkanes) is 1. The van der Waals surface area contributed by atoms with Crippen molar-refractivity contribution in [3.05, 3.63) is 66.2 Å². The summed E-state index contributed by atoms with van der Waals surface area (Å²) in [5.74, 6) is 1.81. The number of aromatic nitrogens is 2. The molecule has 6 heteroatoms. The van der Waals surface area contributed by atoms with E-state index in [0.717, 1.165) is 30.7 Å². The first-order chi connectivity index (χ1) is 14.1. The van der Waals surface area contributed by atoms with E-state index in [2.05, 4.69) is 17.1 Å². The van der Waals surface area contributed by atoms with Crippen LogP contribution in [0, 0.1) is 0 Å². The lowest BCUT2D eigenvalue weighted by Gasteiger charge is -2.17. The van der Waals surface area contributed by atoms with Crippen molar-refractivity contribution >= 4 is 5.91 Å². The summed E-state index contributed by atoms with van der Waals surface area (Å²) < 4.78 is 10.8. The summed E-state index contributed by atoms with van der Waals surface area (Å²) in [6.07, 6.45) is 2.04. The molecule has 0 saturated carbocycles. The SMILES string of the molecule is CCCCN(C)C(=O)c1cccc(-c2ccc(Oc3ccc(OC)cc3)nn2)c1. The Morgan fingerprint density at radius 1 is 1.00 bits per heavy atom. The lowest BCUT2D eigenvalue weighted by molar-refractivity contribution is 0.0793. The summed E-state index contributed by atoms with van der Waals surface area (Å²) in [5, 5.41) is 8.39. The molecule has 1 aromatic heterocycles. The number of nitrogens with zero attached hydrogens (tertiary/aromatic N) is 3. The number of hydrogen-bond acceptors (Lipinski definition) is 5. The van der Waals surface area contributed by atoms with Crippen molar-refractivity contribution in [2.75, 3.05) is 20.7 Å². The number of hydrogen-bond donors (Lipinski definition) is 0. The zero-order chi connectivity index (χ0) is 20.6. The minimum absolute atomic E-state index is 0.00715. The highest BCUT2D eigenvalue weighted by atomic mass is 16.5. The monoisotopic (exact) mass is 391 g/mol. The van der Waals surface area contributed by atoms with Gasteiger partial charge in [0.05, 0.1) is 12.8 Å². The van der Waals surface area contributed by atoms with Crippen molar-refractivity contribution in [2.24, 2.45) is 0 Å². The van der Waals surface area contributed by atoms with Crippen LogP contribution in [0.5, 0.6) is 17.4 Å². The first kappa shape index (κ1) is 20.3. The smallest absolute Gasteiger partial charge is 0.253 e. The van der Waals surface area contributed by atoms with Crippen LogP contribution in [-0.2, 0) is 0 Å². The van der Waals surface area contributed by atoms with Crippen LogP contribution in [-0.4, -0.2) is 41.7 Å². The van der Waals surface area contributed by atoms with Gasteiger partial charge in [-0.1, -0.05) is 25.5 Å². The van der Waals surface area contributed by atoms with E-state index in [9.17, 15) is 4.79 Å². The average molecular weight is 391 g/mol. The standard InChI is InChI=1S/C23H25N3O3/c1-4-5-15-26(2)23(27)18-8-6-7-17(16-18)21-13-14-22(25-24-21)29-20-11-9-19(28-3)10-12-20/h6-14,16H,4-5,15H2,1-3H3. The molecule has 0 bridgehead atoms. The van der Waals surface area contributed by atoms with E-state index in [-0.39, 0.29) is 5.91 Å². The molecule has 150 valence electrons. The highest BCUT2D eigenvalue weighted by molar-refractivity contribution is 5.95. The molecule has 0 saturated heterocycles. The predicted molar refractivity (Wildman–Crippen MR) is 112 cm³/mol. The number of amides is 1. The summed E-state index contributed by atoms with van der Waals surface area (Å²) in [6.45, 7) is 2.86. The van der Waals surface area contributed by atoms with Gasteiger partial charge in [0.1, 0.15) is 11.5 Å². The zero-order valence-electron chi connectivity index (χ0n) is 17.0. The van der Waals surface area contributed by atoms with E-state index >= 15 is 0 Å². The molecule has 0 spiro atoms. The summed E-state index contributed by atoms with van der Waals surface area (Å²) in [6, 6.07) is 18.3. The van der Waals surface area contributed by atoms with Crippen LogP contribution in [0.2, 0.25) is 0 Å². The highest BCUT2D eigenvalue weighted by Crippen LogP contribution is 2.24. The van der Waals surface area contributed by atoms with Crippen LogP contribution in [0.15, 0.2) is 60.7 Å². The molecule has 1 heterocycles. The Kier molecular flexibility index (Phi) is 6.79. The summed E-state index contributed by atoms with van der Waals surface area (Å²) >= 11 is 0. The fourth-order valence-electron chi connectivity index (χ4n) is 2.82. The molecule has 0 N–H and O–H groups in total. The molecule has 1 amide bonds. The number of carbonyl (C=O) groups is 1. The summed E-state index contributed by atoms with van der Waals surface area (Å²) in [5.41, 5.74) is 2.16. The highest BCUT2D eigenvalue weighted by Gasteiger charge is 2.12. The number of benzene rings is 2. The third kappa shape index (κ3) is 5.31. The van der Waals surface area contributed by atoms with Crippen LogP contribution < -0.4 is 9.47 Å². The Morgan fingerprint density at radius 3 is 2.41 bits per heavy atom. The maximum atomic E-state index is 12.6. The number of methoxy groups -OCH3 is 1. The van der Waals surface area contributed by atoms with Gasteiger partial charge in [0, 0.05) is 30.8 Å². The molecule has 3 aromatic rings. The lowest BCUT2D eigenvalue weighted by atomic mass is 10.1. The molecule has 29 heavy (non-hydrogen) atoms. The third-order valence-electron chi connectivity index (χ3n) is 4.52. The van der Waals surface area contributed by atoms with E-state index < -0.39 is 0 Å². The van der Waals surface area contributed by atoms with Crippen LogP contribution in [0.3, 0.4) is 0 Å². The molecule has 0 radical (unpaired) electrons. The maximum absolute atomic E-state index is 12.6. The minimum Gasteiger partial charge on any atom is -0.497 e. The Labute approximate surface area is 171 Å². The lowest BCUT2D eigenvalue weighted by Crippen LogP contribution is -2.27. The second kappa shape index (κ2) is 9.68. The molecular formula is C23H25N3O3. The van der Waals surface area contributed by atoms with Gasteiger partial charge in [-0.05, 0) is 48.9 Å². The van der Waals surface area contributed by atoms with Gasteiger partial charge in [0.15, 0.2) is 0 Å². The van der Waals surface area contributed by atoms with Gasteiger partial charge in [-0.3, -0.25) is 4.79 Å². The van der Waals surface area contributed by atoms with Crippen molar-refractivity contribution in [1.82, 2.24) is 15.1 Å². The molecule has 0 aliphatic rings. The van der Waals surface area contributed by atoms with Gasteiger partial charge in [-0.25, -0.2) is 0 Å². The quantitative estimate of drug-likeness (QED) is 0.551. The van der Waals surface area contributed by atoms with E-state index in [1.807, 2.05) is 49.5 Å². The molecule has 2 aromatic carbocycles. The van der Waals surface area contributed by atoms with E-state index in [1.165, 1.54) is 0 Å². The topological polar surface area (TPSA) is 64.6 Å². The van der Waals surface area contributed by atoms with E-state index in [1.54, 1.807) is 30.2 Å². The Bertz CT molecular complexity index is 940. The molecule has 3 rings (SSSR count). The summed E-state index contributed by atoms with van der Waals surface area (Å²) in [4.78, 5) is 14.3. The molecule has 0 aliphatic heterocycles. The fraction of sp³-hybridized carbons (Fsp3) is 0.261. The van der Waals surface area contributed by atoms with Gasteiger partial charge >= 0.3 is 0 Å². The second-order valence-electron chi connectivity index (χ2n) is 6.70. The second-order valence-corrected chi connectivity index (χ2v) is 6.70. The summed E-state index contributed by atoms with van der Waals surface area (Å²) in [7, 11) is 3.45. The van der Waals surface area contributed by atoms with Crippen molar-refractivity contribution in [2.45, 2.75) is 19.8 Å². The number of carbonyl (C=O) groups excluding carboxylic acids is 1. The number of ether oxygens (including phenoxy) is 2. The van der Waals surface area contributed by atoms with Crippen molar-refractivity contribution in [1.29, 1.82) is 0 Å². The Balaban J connectivity index is 1.71. The van der Waals surface area contributed by atoms with Gasteiger partial charge in [0.25, 0.3) is 5.91 Å². The molecule has 0 aliphatic carbocycles. The maximum Gasteiger partial charge on any atom is 0.253 e. The molecule has 0 atom stereocenters. The van der Waals surface area contributed by atoms with Crippen LogP contribution in [0.1, 0.15) is 30.1 Å². The van der Waals surface area contributed by atoms with Gasteiger partial charge in [0.2, 0.25) is 5.88 Å². The zero-order valence-corrected chi connectivity index (χ0v) is 17.0. The first-order valence-electron chi connectivity index (χ1n) is 9.62. The molecular weight excluding hydrogens is 366 g/mol. The fourth-order valence-corrected chi connectivity index (χ4v) is 2.82.